The number of hydrogen-bond donors (Lipinski definition) is 2. The van der Waals surface area contributed by atoms with Crippen molar-refractivity contribution in [3.8, 4) is 0 Å². The Morgan fingerprint density at radius 1 is 0.897 bits per heavy atom. The molecule has 0 radical (unpaired) electrons. The highest BCUT2D eigenvalue weighted by Crippen LogP contribution is 2.29. The fourth-order valence-corrected chi connectivity index (χ4v) is 4.55. The van der Waals surface area contributed by atoms with Gasteiger partial charge in [0.15, 0.2) is 0 Å². The minimum atomic E-state index is -0.0345. The van der Waals surface area contributed by atoms with Gasteiger partial charge in [-0.1, -0.05) is 31.2 Å². The first-order valence-electron chi connectivity index (χ1n) is 11.5. The van der Waals surface area contributed by atoms with E-state index in [1.807, 2.05) is 0 Å². The molecule has 2 saturated heterocycles. The van der Waals surface area contributed by atoms with Gasteiger partial charge in [-0.05, 0) is 43.4 Å². The maximum absolute atomic E-state index is 12.2. The van der Waals surface area contributed by atoms with Gasteiger partial charge >= 0.3 is 6.03 Å². The van der Waals surface area contributed by atoms with Crippen molar-refractivity contribution in [3.05, 3.63) is 35.4 Å². The molecule has 6 nitrogen and oxygen atoms in total. The van der Waals surface area contributed by atoms with Gasteiger partial charge in [-0.25, -0.2) is 4.79 Å². The number of rotatable bonds is 7. The third kappa shape index (κ3) is 6.17. The first kappa shape index (κ1) is 20.6. The van der Waals surface area contributed by atoms with Crippen LogP contribution in [0.15, 0.2) is 24.3 Å². The molecule has 0 aromatic heterocycles. The first-order chi connectivity index (χ1) is 14.2. The molecule has 2 N–H and O–H groups in total. The summed E-state index contributed by atoms with van der Waals surface area (Å²) in [7, 11) is 0. The van der Waals surface area contributed by atoms with Gasteiger partial charge in [-0.2, -0.15) is 0 Å². The van der Waals surface area contributed by atoms with Crippen molar-refractivity contribution in [2.24, 2.45) is 0 Å². The number of nitrogens with one attached hydrogen (secondary N) is 2. The summed E-state index contributed by atoms with van der Waals surface area (Å²) < 4.78 is 0. The van der Waals surface area contributed by atoms with Gasteiger partial charge in [-0.3, -0.25) is 4.90 Å². The Balaban J connectivity index is 1.14. The van der Waals surface area contributed by atoms with E-state index in [1.165, 1.54) is 31.5 Å². The number of nitrogens with zero attached hydrogens (tertiary/aromatic N) is 3. The SMILES string of the molecule is CCN1CCN(Cc2ccc(CNC(=O)NC3CCN(C4CC4)CC3)cc2)CC1. The number of amides is 2. The van der Waals surface area contributed by atoms with Crippen LogP contribution in [0.2, 0.25) is 0 Å². The molecule has 2 amide bonds. The Morgan fingerprint density at radius 3 is 2.14 bits per heavy atom. The van der Waals surface area contributed by atoms with Crippen LogP contribution < -0.4 is 10.6 Å². The molecule has 4 rings (SSSR count). The Bertz CT molecular complexity index is 644. The number of hydrogen-bond acceptors (Lipinski definition) is 4. The first-order valence-corrected chi connectivity index (χ1v) is 11.5. The predicted octanol–water partition coefficient (Wildman–Crippen LogP) is 2.25. The summed E-state index contributed by atoms with van der Waals surface area (Å²) in [5, 5.41) is 6.18. The quantitative estimate of drug-likeness (QED) is 0.738. The van der Waals surface area contributed by atoms with E-state index in [4.69, 9.17) is 0 Å². The average molecular weight is 400 g/mol. The molecule has 1 aromatic carbocycles. The van der Waals surface area contributed by atoms with Gasteiger partial charge in [0.1, 0.15) is 0 Å². The zero-order chi connectivity index (χ0) is 20.1. The van der Waals surface area contributed by atoms with Crippen molar-refractivity contribution in [1.29, 1.82) is 0 Å². The summed E-state index contributed by atoms with van der Waals surface area (Å²) in [5.41, 5.74) is 2.51. The number of benzene rings is 1. The van der Waals surface area contributed by atoms with Crippen molar-refractivity contribution in [1.82, 2.24) is 25.3 Å². The van der Waals surface area contributed by atoms with Crippen LogP contribution in [0.5, 0.6) is 0 Å². The highest BCUT2D eigenvalue weighted by Gasteiger charge is 2.32. The van der Waals surface area contributed by atoms with E-state index in [0.717, 1.165) is 63.7 Å². The van der Waals surface area contributed by atoms with E-state index in [9.17, 15) is 4.79 Å². The number of piperidine rings is 1. The van der Waals surface area contributed by atoms with Crippen LogP contribution in [-0.4, -0.2) is 78.6 Å². The normalized spacial score (nSPS) is 22.5. The van der Waals surface area contributed by atoms with Crippen molar-refractivity contribution in [3.63, 3.8) is 0 Å². The lowest BCUT2D eigenvalue weighted by Gasteiger charge is -2.34. The summed E-state index contributed by atoms with van der Waals surface area (Å²) >= 11 is 0. The molecular weight excluding hydrogens is 362 g/mol. The van der Waals surface area contributed by atoms with Crippen molar-refractivity contribution < 1.29 is 4.79 Å². The molecule has 1 aromatic rings. The highest BCUT2D eigenvalue weighted by atomic mass is 16.2. The third-order valence-electron chi connectivity index (χ3n) is 6.72. The maximum atomic E-state index is 12.2. The lowest BCUT2D eigenvalue weighted by Crippen LogP contribution is -2.48. The maximum Gasteiger partial charge on any atom is 0.315 e. The number of likely N-dealkylation sites (tertiary alicyclic amines) is 1. The molecule has 0 atom stereocenters. The Morgan fingerprint density at radius 2 is 1.52 bits per heavy atom. The smallest absolute Gasteiger partial charge is 0.315 e. The summed E-state index contributed by atoms with van der Waals surface area (Å²) in [4.78, 5) is 19.9. The summed E-state index contributed by atoms with van der Waals surface area (Å²) in [6, 6.07) is 9.82. The molecule has 0 spiro atoms. The van der Waals surface area contributed by atoms with E-state index < -0.39 is 0 Å². The predicted molar refractivity (Wildman–Crippen MR) is 117 cm³/mol. The monoisotopic (exact) mass is 399 g/mol. The fraction of sp³-hybridized carbons (Fsp3) is 0.696. The van der Waals surface area contributed by atoms with Crippen LogP contribution in [0.25, 0.3) is 0 Å². The van der Waals surface area contributed by atoms with Crippen LogP contribution in [-0.2, 0) is 13.1 Å². The van der Waals surface area contributed by atoms with Gasteiger partial charge in [0.05, 0.1) is 0 Å². The Hall–Kier alpha value is -1.63. The molecule has 6 heteroatoms. The van der Waals surface area contributed by atoms with E-state index >= 15 is 0 Å². The second kappa shape index (κ2) is 9.92. The van der Waals surface area contributed by atoms with Crippen molar-refractivity contribution in [2.45, 2.75) is 57.8 Å². The molecule has 160 valence electrons. The van der Waals surface area contributed by atoms with Crippen LogP contribution in [0, 0.1) is 0 Å². The van der Waals surface area contributed by atoms with Gasteiger partial charge in [0.25, 0.3) is 0 Å². The van der Waals surface area contributed by atoms with E-state index in [1.54, 1.807) is 0 Å². The molecule has 1 aliphatic carbocycles. The molecule has 2 heterocycles. The van der Waals surface area contributed by atoms with Crippen LogP contribution in [0.4, 0.5) is 4.79 Å². The zero-order valence-electron chi connectivity index (χ0n) is 17.9. The number of piperazine rings is 1. The third-order valence-corrected chi connectivity index (χ3v) is 6.72. The van der Waals surface area contributed by atoms with Gasteiger partial charge in [0, 0.05) is 64.4 Å². The van der Waals surface area contributed by atoms with Gasteiger partial charge < -0.3 is 20.4 Å². The highest BCUT2D eigenvalue weighted by molar-refractivity contribution is 5.74. The Labute approximate surface area is 175 Å². The fourth-order valence-electron chi connectivity index (χ4n) is 4.55. The lowest BCUT2D eigenvalue weighted by atomic mass is 10.1. The van der Waals surface area contributed by atoms with Crippen LogP contribution >= 0.6 is 0 Å². The molecule has 0 bridgehead atoms. The molecule has 3 fully saturated rings. The van der Waals surface area contributed by atoms with E-state index in [0.29, 0.717) is 12.6 Å². The summed E-state index contributed by atoms with van der Waals surface area (Å²) in [5.74, 6) is 0. The largest absolute Gasteiger partial charge is 0.335 e. The number of urea groups is 1. The Kier molecular flexibility index (Phi) is 7.06. The zero-order valence-corrected chi connectivity index (χ0v) is 17.9. The molecule has 3 aliphatic rings. The average Bonchev–Trinajstić information content (AvgIpc) is 3.60. The number of carbonyl (C=O) groups is 1. The lowest BCUT2D eigenvalue weighted by molar-refractivity contribution is 0.132. The number of likely N-dealkylation sites (N-methyl/N-ethyl adjacent to an activating group) is 1. The van der Waals surface area contributed by atoms with E-state index in [2.05, 4.69) is 56.5 Å². The van der Waals surface area contributed by atoms with Crippen molar-refractivity contribution in [2.75, 3.05) is 45.8 Å². The van der Waals surface area contributed by atoms with Crippen LogP contribution in [0.3, 0.4) is 0 Å². The van der Waals surface area contributed by atoms with Gasteiger partial charge in [0.2, 0.25) is 0 Å². The summed E-state index contributed by atoms with van der Waals surface area (Å²) in [6.07, 6.45) is 4.88. The van der Waals surface area contributed by atoms with Gasteiger partial charge in [-0.15, -0.1) is 0 Å². The molecule has 2 aliphatic heterocycles. The minimum absolute atomic E-state index is 0.0345. The summed E-state index contributed by atoms with van der Waals surface area (Å²) in [6.45, 7) is 11.9. The minimum Gasteiger partial charge on any atom is -0.335 e. The second-order valence-corrected chi connectivity index (χ2v) is 8.90. The molecule has 0 unspecified atom stereocenters. The van der Waals surface area contributed by atoms with Crippen molar-refractivity contribution >= 4 is 6.03 Å². The molecule has 1 saturated carbocycles. The standard InChI is InChI=1S/C23H37N5O/c1-2-26-13-15-27(16-14-26)18-20-5-3-19(4-6-20)17-24-23(29)25-21-9-11-28(12-10-21)22-7-8-22/h3-6,21-22H,2,7-18H2,1H3,(H2,24,25,29). The van der Waals surface area contributed by atoms with E-state index in [-0.39, 0.29) is 6.03 Å². The molecule has 29 heavy (non-hydrogen) atoms. The molecular formula is C23H37N5O. The second-order valence-electron chi connectivity index (χ2n) is 8.90. The van der Waals surface area contributed by atoms with Crippen LogP contribution in [0.1, 0.15) is 43.7 Å². The topological polar surface area (TPSA) is 50.9 Å². The number of carbonyl (C=O) groups excluding carboxylic acids is 1.